The van der Waals surface area contributed by atoms with Crippen LogP contribution >= 0.6 is 0 Å². The van der Waals surface area contributed by atoms with Gasteiger partial charge in [-0.15, -0.1) is 6.58 Å². The average Bonchev–Trinajstić information content (AvgIpc) is 2.28. The lowest BCUT2D eigenvalue weighted by atomic mass is 9.86. The molecule has 0 N–H and O–H groups in total. The van der Waals surface area contributed by atoms with Crippen LogP contribution in [-0.2, 0) is 0 Å². The van der Waals surface area contributed by atoms with Crippen molar-refractivity contribution in [2.75, 3.05) is 7.11 Å². The van der Waals surface area contributed by atoms with Crippen LogP contribution in [0, 0.1) is 5.92 Å². The van der Waals surface area contributed by atoms with Gasteiger partial charge in [0.15, 0.2) is 0 Å². The largest absolute Gasteiger partial charge is 0.496 e. The summed E-state index contributed by atoms with van der Waals surface area (Å²) < 4.78 is 5.37. The van der Waals surface area contributed by atoms with Crippen molar-refractivity contribution in [1.82, 2.24) is 0 Å². The van der Waals surface area contributed by atoms with E-state index in [-0.39, 0.29) is 0 Å². The Hall–Kier alpha value is -1.24. The van der Waals surface area contributed by atoms with E-state index in [2.05, 4.69) is 32.6 Å². The van der Waals surface area contributed by atoms with E-state index in [1.165, 1.54) is 5.56 Å². The Labute approximate surface area is 92.8 Å². The Kier molecular flexibility index (Phi) is 4.41. The molecule has 0 saturated carbocycles. The van der Waals surface area contributed by atoms with E-state index in [1.807, 2.05) is 18.2 Å². The molecular weight excluding hydrogens is 184 g/mol. The normalized spacial score (nSPS) is 14.3. The fourth-order valence-electron chi connectivity index (χ4n) is 1.82. The number of ether oxygens (including phenoxy) is 1. The zero-order valence-electron chi connectivity index (χ0n) is 9.86. The highest BCUT2D eigenvalue weighted by atomic mass is 16.5. The first-order chi connectivity index (χ1) is 7.20. The second kappa shape index (κ2) is 5.59. The second-order valence-electron chi connectivity index (χ2n) is 4.03. The molecule has 0 amide bonds. The summed E-state index contributed by atoms with van der Waals surface area (Å²) in [4.78, 5) is 0. The molecule has 0 aliphatic carbocycles. The highest BCUT2D eigenvalue weighted by Crippen LogP contribution is 2.32. The minimum absolute atomic E-state index is 0.499. The van der Waals surface area contributed by atoms with Gasteiger partial charge in [0.05, 0.1) is 7.11 Å². The fourth-order valence-corrected chi connectivity index (χ4v) is 1.82. The van der Waals surface area contributed by atoms with Crippen LogP contribution in [0.1, 0.15) is 31.7 Å². The van der Waals surface area contributed by atoms with Crippen LogP contribution in [0.4, 0.5) is 0 Å². The molecule has 1 heteroatoms. The predicted molar refractivity (Wildman–Crippen MR) is 65.4 cm³/mol. The van der Waals surface area contributed by atoms with Crippen LogP contribution in [0.2, 0.25) is 0 Å². The summed E-state index contributed by atoms with van der Waals surface area (Å²) in [6.45, 7) is 8.28. The first kappa shape index (κ1) is 11.8. The minimum Gasteiger partial charge on any atom is -0.496 e. The Morgan fingerprint density at radius 2 is 2.00 bits per heavy atom. The summed E-state index contributed by atoms with van der Waals surface area (Å²) in [5, 5.41) is 0. The Morgan fingerprint density at radius 1 is 1.33 bits per heavy atom. The van der Waals surface area contributed by atoms with Gasteiger partial charge in [-0.2, -0.15) is 0 Å². The van der Waals surface area contributed by atoms with Crippen molar-refractivity contribution in [3.05, 3.63) is 42.5 Å². The fraction of sp³-hybridized carbons (Fsp3) is 0.429. The molecule has 1 rings (SSSR count). The van der Waals surface area contributed by atoms with Gasteiger partial charge in [0.1, 0.15) is 5.75 Å². The standard InChI is InChI=1S/C14H20O/c1-5-8-11(2)12(3)13-9-6-7-10-14(13)15-4/h5-7,9-12H,1,8H2,2-4H3/t11-,12+/m1/s1. The first-order valence-electron chi connectivity index (χ1n) is 5.44. The summed E-state index contributed by atoms with van der Waals surface area (Å²) in [5.41, 5.74) is 1.29. The van der Waals surface area contributed by atoms with Gasteiger partial charge in [-0.25, -0.2) is 0 Å². The third kappa shape index (κ3) is 2.85. The number of hydrogen-bond acceptors (Lipinski definition) is 1. The molecule has 0 saturated heterocycles. The number of allylic oxidation sites excluding steroid dienone is 1. The van der Waals surface area contributed by atoms with Gasteiger partial charge in [-0.05, 0) is 29.9 Å². The molecule has 1 aromatic rings. The lowest BCUT2D eigenvalue weighted by Crippen LogP contribution is -2.06. The van der Waals surface area contributed by atoms with E-state index in [0.29, 0.717) is 11.8 Å². The zero-order valence-corrected chi connectivity index (χ0v) is 9.86. The zero-order chi connectivity index (χ0) is 11.3. The molecule has 1 aromatic carbocycles. The second-order valence-corrected chi connectivity index (χ2v) is 4.03. The monoisotopic (exact) mass is 204 g/mol. The van der Waals surface area contributed by atoms with Gasteiger partial charge in [-0.1, -0.05) is 38.1 Å². The van der Waals surface area contributed by atoms with Gasteiger partial charge < -0.3 is 4.74 Å². The number of rotatable bonds is 5. The van der Waals surface area contributed by atoms with Crippen molar-refractivity contribution >= 4 is 0 Å². The van der Waals surface area contributed by atoms with Crippen LogP contribution in [-0.4, -0.2) is 7.11 Å². The number of hydrogen-bond donors (Lipinski definition) is 0. The summed E-state index contributed by atoms with van der Waals surface area (Å²) in [7, 11) is 1.73. The van der Waals surface area contributed by atoms with Gasteiger partial charge in [0, 0.05) is 0 Å². The van der Waals surface area contributed by atoms with Crippen molar-refractivity contribution in [2.24, 2.45) is 5.92 Å². The maximum Gasteiger partial charge on any atom is 0.122 e. The maximum absolute atomic E-state index is 5.37. The van der Waals surface area contributed by atoms with Gasteiger partial charge in [0.25, 0.3) is 0 Å². The van der Waals surface area contributed by atoms with E-state index in [9.17, 15) is 0 Å². The molecule has 0 unspecified atom stereocenters. The Bertz CT molecular complexity index is 317. The topological polar surface area (TPSA) is 9.23 Å². The highest BCUT2D eigenvalue weighted by molar-refractivity contribution is 5.36. The van der Waals surface area contributed by atoms with Crippen molar-refractivity contribution in [3.8, 4) is 5.75 Å². The molecule has 2 atom stereocenters. The van der Waals surface area contributed by atoms with E-state index >= 15 is 0 Å². The molecule has 0 aromatic heterocycles. The van der Waals surface area contributed by atoms with Crippen LogP contribution in [0.3, 0.4) is 0 Å². The molecule has 0 aliphatic heterocycles. The van der Waals surface area contributed by atoms with Crippen molar-refractivity contribution in [1.29, 1.82) is 0 Å². The van der Waals surface area contributed by atoms with Crippen LogP contribution in [0.5, 0.6) is 5.75 Å². The molecule has 0 fully saturated rings. The van der Waals surface area contributed by atoms with Crippen molar-refractivity contribution in [2.45, 2.75) is 26.2 Å². The molecular formula is C14H20O. The predicted octanol–water partition coefficient (Wildman–Crippen LogP) is 4.01. The summed E-state index contributed by atoms with van der Waals surface area (Å²) in [6.07, 6.45) is 3.02. The van der Waals surface area contributed by atoms with Crippen molar-refractivity contribution < 1.29 is 4.74 Å². The molecule has 0 aliphatic rings. The molecule has 0 spiro atoms. The third-order valence-corrected chi connectivity index (χ3v) is 3.02. The summed E-state index contributed by atoms with van der Waals surface area (Å²) in [6, 6.07) is 8.23. The van der Waals surface area contributed by atoms with Gasteiger partial charge >= 0.3 is 0 Å². The molecule has 0 heterocycles. The smallest absolute Gasteiger partial charge is 0.122 e. The first-order valence-corrected chi connectivity index (χ1v) is 5.44. The third-order valence-electron chi connectivity index (χ3n) is 3.02. The van der Waals surface area contributed by atoms with Gasteiger partial charge in [0.2, 0.25) is 0 Å². The van der Waals surface area contributed by atoms with E-state index in [1.54, 1.807) is 7.11 Å². The van der Waals surface area contributed by atoms with Crippen molar-refractivity contribution in [3.63, 3.8) is 0 Å². The number of para-hydroxylation sites is 1. The van der Waals surface area contributed by atoms with Crippen LogP contribution in [0.25, 0.3) is 0 Å². The average molecular weight is 204 g/mol. The van der Waals surface area contributed by atoms with E-state index < -0.39 is 0 Å². The minimum atomic E-state index is 0.499. The molecule has 15 heavy (non-hydrogen) atoms. The number of benzene rings is 1. The molecule has 0 bridgehead atoms. The van der Waals surface area contributed by atoms with E-state index in [4.69, 9.17) is 4.74 Å². The van der Waals surface area contributed by atoms with E-state index in [0.717, 1.165) is 12.2 Å². The summed E-state index contributed by atoms with van der Waals surface area (Å²) in [5.74, 6) is 2.08. The molecule has 0 radical (unpaired) electrons. The SMILES string of the molecule is C=CC[C@@H](C)[C@H](C)c1ccccc1OC. The highest BCUT2D eigenvalue weighted by Gasteiger charge is 2.16. The number of methoxy groups -OCH3 is 1. The maximum atomic E-state index is 5.37. The molecule has 1 nitrogen and oxygen atoms in total. The lowest BCUT2D eigenvalue weighted by molar-refractivity contribution is 0.395. The quantitative estimate of drug-likeness (QED) is 0.658. The van der Waals surface area contributed by atoms with Gasteiger partial charge in [-0.3, -0.25) is 0 Å². The Morgan fingerprint density at radius 3 is 2.60 bits per heavy atom. The summed E-state index contributed by atoms with van der Waals surface area (Å²) >= 11 is 0. The molecule has 82 valence electrons. The van der Waals surface area contributed by atoms with Crippen LogP contribution in [0.15, 0.2) is 36.9 Å². The lowest BCUT2D eigenvalue weighted by Gasteiger charge is -2.21. The Balaban J connectivity index is 2.89. The van der Waals surface area contributed by atoms with Crippen LogP contribution < -0.4 is 4.74 Å².